The minimum atomic E-state index is -0.720. The molecule has 0 heterocycles. The maximum atomic E-state index is 10.0. The summed E-state index contributed by atoms with van der Waals surface area (Å²) < 4.78 is 0. The van der Waals surface area contributed by atoms with E-state index in [1.807, 2.05) is 19.9 Å². The van der Waals surface area contributed by atoms with Gasteiger partial charge in [0.05, 0.1) is 6.07 Å². The first-order valence-corrected chi connectivity index (χ1v) is 3.19. The molecule has 1 amide bonds. The van der Waals surface area contributed by atoms with Crippen molar-refractivity contribution in [1.29, 1.82) is 5.26 Å². The molecule has 1 unspecified atom stereocenters. The average molecular weight is 140 g/mol. The van der Waals surface area contributed by atoms with Crippen LogP contribution in [0.2, 0.25) is 0 Å². The van der Waals surface area contributed by atoms with E-state index in [4.69, 9.17) is 5.26 Å². The second-order valence-electron chi connectivity index (χ2n) is 2.73. The largest absolute Gasteiger partial charge is 0.340 e. The van der Waals surface area contributed by atoms with E-state index >= 15 is 0 Å². The molecule has 0 aliphatic rings. The van der Waals surface area contributed by atoms with E-state index in [0.717, 1.165) is 0 Å². The lowest BCUT2D eigenvalue weighted by atomic mass is 9.90. The van der Waals surface area contributed by atoms with Crippen molar-refractivity contribution in [2.45, 2.75) is 26.3 Å². The number of hydrogen-bond acceptors (Lipinski definition) is 2. The summed E-state index contributed by atoms with van der Waals surface area (Å²) in [4.78, 5) is 10.0. The summed E-state index contributed by atoms with van der Waals surface area (Å²) >= 11 is 0. The van der Waals surface area contributed by atoms with E-state index < -0.39 is 5.54 Å². The normalized spacial score (nSPS) is 15.5. The third-order valence-electron chi connectivity index (χ3n) is 1.75. The van der Waals surface area contributed by atoms with Crippen molar-refractivity contribution in [2.75, 3.05) is 0 Å². The van der Waals surface area contributed by atoms with Crippen molar-refractivity contribution in [2.24, 2.45) is 5.92 Å². The number of nitrogens with zero attached hydrogens (tertiary/aromatic N) is 1. The maximum Gasteiger partial charge on any atom is 0.208 e. The smallest absolute Gasteiger partial charge is 0.208 e. The molecule has 0 aromatic carbocycles. The SMILES string of the molecule is CC(C)C(C)(C#N)NC=O. The number of amides is 1. The van der Waals surface area contributed by atoms with Crippen molar-refractivity contribution in [3.8, 4) is 6.07 Å². The summed E-state index contributed by atoms with van der Waals surface area (Å²) in [5.74, 6) is 0.127. The molecule has 3 nitrogen and oxygen atoms in total. The Kier molecular flexibility index (Phi) is 2.88. The number of nitriles is 1. The lowest BCUT2D eigenvalue weighted by Crippen LogP contribution is -2.44. The molecule has 0 rings (SSSR count). The minimum absolute atomic E-state index is 0.127. The van der Waals surface area contributed by atoms with Gasteiger partial charge in [-0.1, -0.05) is 13.8 Å². The highest BCUT2D eigenvalue weighted by Crippen LogP contribution is 2.13. The number of carbonyl (C=O) groups excluding carboxylic acids is 1. The highest BCUT2D eigenvalue weighted by molar-refractivity contribution is 5.49. The Morgan fingerprint density at radius 1 is 1.70 bits per heavy atom. The van der Waals surface area contributed by atoms with Crippen LogP contribution >= 0.6 is 0 Å². The van der Waals surface area contributed by atoms with Gasteiger partial charge in [0.2, 0.25) is 6.41 Å². The van der Waals surface area contributed by atoms with Gasteiger partial charge in [0.15, 0.2) is 0 Å². The van der Waals surface area contributed by atoms with Crippen LogP contribution in [0.25, 0.3) is 0 Å². The molecule has 0 saturated carbocycles. The number of nitrogens with one attached hydrogen (secondary N) is 1. The van der Waals surface area contributed by atoms with Crippen molar-refractivity contribution >= 4 is 6.41 Å². The summed E-state index contributed by atoms with van der Waals surface area (Å²) in [6.45, 7) is 5.48. The zero-order valence-corrected chi connectivity index (χ0v) is 6.51. The third kappa shape index (κ3) is 1.73. The van der Waals surface area contributed by atoms with Gasteiger partial charge in [0.1, 0.15) is 5.54 Å². The van der Waals surface area contributed by atoms with Gasteiger partial charge < -0.3 is 5.32 Å². The van der Waals surface area contributed by atoms with Crippen LogP contribution in [0, 0.1) is 17.2 Å². The predicted octanol–water partition coefficient (Wildman–Crippen LogP) is 0.671. The zero-order valence-electron chi connectivity index (χ0n) is 6.51. The van der Waals surface area contributed by atoms with Crippen LogP contribution in [0.5, 0.6) is 0 Å². The van der Waals surface area contributed by atoms with Gasteiger partial charge in [-0.05, 0) is 12.8 Å². The molecule has 0 aromatic heterocycles. The van der Waals surface area contributed by atoms with E-state index in [1.54, 1.807) is 6.92 Å². The van der Waals surface area contributed by atoms with E-state index in [-0.39, 0.29) is 5.92 Å². The summed E-state index contributed by atoms with van der Waals surface area (Å²) in [5, 5.41) is 11.1. The molecule has 0 aliphatic carbocycles. The van der Waals surface area contributed by atoms with Crippen molar-refractivity contribution in [1.82, 2.24) is 5.32 Å². The van der Waals surface area contributed by atoms with Crippen LogP contribution in [-0.2, 0) is 4.79 Å². The first-order valence-electron chi connectivity index (χ1n) is 3.19. The van der Waals surface area contributed by atoms with Gasteiger partial charge in [-0.15, -0.1) is 0 Å². The van der Waals surface area contributed by atoms with E-state index in [2.05, 4.69) is 5.32 Å². The van der Waals surface area contributed by atoms with Gasteiger partial charge in [-0.2, -0.15) is 5.26 Å². The predicted molar refractivity (Wildman–Crippen MR) is 38.1 cm³/mol. The van der Waals surface area contributed by atoms with Crippen molar-refractivity contribution in [3.05, 3.63) is 0 Å². The van der Waals surface area contributed by atoms with Gasteiger partial charge in [0.25, 0.3) is 0 Å². The monoisotopic (exact) mass is 140 g/mol. The molecule has 0 saturated heterocycles. The molecule has 3 heteroatoms. The van der Waals surface area contributed by atoms with Crippen LogP contribution in [0.4, 0.5) is 0 Å². The number of carbonyl (C=O) groups is 1. The second kappa shape index (κ2) is 3.21. The maximum absolute atomic E-state index is 10.0. The highest BCUT2D eigenvalue weighted by atomic mass is 16.1. The Bertz CT molecular complexity index is 159. The fourth-order valence-electron chi connectivity index (χ4n) is 0.450. The van der Waals surface area contributed by atoms with Crippen LogP contribution < -0.4 is 5.32 Å². The highest BCUT2D eigenvalue weighted by Gasteiger charge is 2.26. The first kappa shape index (κ1) is 8.96. The summed E-state index contributed by atoms with van der Waals surface area (Å²) in [5.41, 5.74) is -0.720. The lowest BCUT2D eigenvalue weighted by molar-refractivity contribution is -0.110. The topological polar surface area (TPSA) is 52.9 Å². The quantitative estimate of drug-likeness (QED) is 0.586. The molecular formula is C7H12N2O. The fourth-order valence-corrected chi connectivity index (χ4v) is 0.450. The lowest BCUT2D eigenvalue weighted by Gasteiger charge is -2.24. The second-order valence-corrected chi connectivity index (χ2v) is 2.73. The molecule has 0 aromatic rings. The van der Waals surface area contributed by atoms with E-state index in [0.29, 0.717) is 6.41 Å². The van der Waals surface area contributed by atoms with Gasteiger partial charge >= 0.3 is 0 Å². The Hall–Kier alpha value is -1.04. The van der Waals surface area contributed by atoms with Crippen LogP contribution in [-0.4, -0.2) is 11.9 Å². The number of hydrogen-bond donors (Lipinski definition) is 1. The molecule has 1 atom stereocenters. The van der Waals surface area contributed by atoms with Gasteiger partial charge in [0, 0.05) is 0 Å². The minimum Gasteiger partial charge on any atom is -0.340 e. The zero-order chi connectivity index (χ0) is 8.20. The number of rotatable bonds is 3. The van der Waals surface area contributed by atoms with E-state index in [1.165, 1.54) is 0 Å². The van der Waals surface area contributed by atoms with Gasteiger partial charge in [-0.25, -0.2) is 0 Å². The Labute approximate surface area is 61.0 Å². The molecule has 0 radical (unpaired) electrons. The van der Waals surface area contributed by atoms with Crippen molar-refractivity contribution in [3.63, 3.8) is 0 Å². The Balaban J connectivity index is 4.26. The summed E-state index contributed by atoms with van der Waals surface area (Å²) in [6, 6.07) is 2.04. The first-order chi connectivity index (χ1) is 4.56. The molecular weight excluding hydrogens is 128 g/mol. The Morgan fingerprint density at radius 2 is 2.20 bits per heavy atom. The van der Waals surface area contributed by atoms with Crippen molar-refractivity contribution < 1.29 is 4.79 Å². The summed E-state index contributed by atoms with van der Waals surface area (Å²) in [6.07, 6.45) is 0.559. The molecule has 10 heavy (non-hydrogen) atoms. The Morgan fingerprint density at radius 3 is 2.30 bits per heavy atom. The third-order valence-corrected chi connectivity index (χ3v) is 1.75. The molecule has 56 valence electrons. The van der Waals surface area contributed by atoms with Crippen LogP contribution in [0.3, 0.4) is 0 Å². The fraction of sp³-hybridized carbons (Fsp3) is 0.714. The standard InChI is InChI=1S/C7H12N2O/c1-6(2)7(3,4-8)9-5-10/h5-6H,1-3H3,(H,9,10). The van der Waals surface area contributed by atoms with E-state index in [9.17, 15) is 4.79 Å². The molecule has 0 bridgehead atoms. The van der Waals surface area contributed by atoms with Gasteiger partial charge in [-0.3, -0.25) is 4.79 Å². The van der Waals surface area contributed by atoms with Crippen LogP contribution in [0.1, 0.15) is 20.8 Å². The van der Waals surface area contributed by atoms with Crippen LogP contribution in [0.15, 0.2) is 0 Å². The summed E-state index contributed by atoms with van der Waals surface area (Å²) in [7, 11) is 0. The molecule has 1 N–H and O–H groups in total. The molecule has 0 fully saturated rings. The average Bonchev–Trinajstić information content (AvgIpc) is 1.88. The molecule has 0 aliphatic heterocycles. The molecule has 0 spiro atoms.